The van der Waals surface area contributed by atoms with E-state index in [4.69, 9.17) is 9.73 Å². The number of anilines is 1. The van der Waals surface area contributed by atoms with Crippen LogP contribution in [0.15, 0.2) is 83.9 Å². The van der Waals surface area contributed by atoms with Gasteiger partial charge in [-0.1, -0.05) is 42.5 Å². The van der Waals surface area contributed by atoms with Crippen LogP contribution in [0.5, 0.6) is 5.75 Å². The topological polar surface area (TPSA) is 24.8 Å². The van der Waals surface area contributed by atoms with E-state index in [1.54, 1.807) is 7.11 Å². The van der Waals surface area contributed by atoms with Gasteiger partial charge in [0.1, 0.15) is 11.9 Å². The van der Waals surface area contributed by atoms with Crippen molar-refractivity contribution < 1.29 is 4.74 Å². The van der Waals surface area contributed by atoms with Gasteiger partial charge < -0.3 is 9.64 Å². The molecule has 3 aromatic rings. The zero-order chi connectivity index (χ0) is 18.8. The van der Waals surface area contributed by atoms with Crippen LogP contribution in [-0.4, -0.2) is 18.9 Å². The van der Waals surface area contributed by atoms with E-state index in [2.05, 4.69) is 95.1 Å². The normalized spacial score (nSPS) is 19.1. The van der Waals surface area contributed by atoms with E-state index in [0.29, 0.717) is 0 Å². The van der Waals surface area contributed by atoms with E-state index in [9.17, 15) is 0 Å². The molecule has 2 atom stereocenters. The first-order valence-electron chi connectivity index (χ1n) is 8.98. The standard InChI is InChI=1S/C23H21IN2O/c1-16-22(17-6-4-3-5-7-17)25-23(18-8-14-21(27-2)15-9-18)26(16)20-12-10-19(24)11-13-20/h3-16,23H,1-2H3. The molecule has 3 aromatic carbocycles. The fraction of sp³-hybridized carbons (Fsp3) is 0.174. The van der Waals surface area contributed by atoms with Crippen LogP contribution in [0.4, 0.5) is 5.69 Å². The lowest BCUT2D eigenvalue weighted by atomic mass is 10.0. The molecule has 4 rings (SSSR count). The number of hydrogen-bond acceptors (Lipinski definition) is 3. The van der Waals surface area contributed by atoms with E-state index in [0.717, 1.165) is 17.0 Å². The molecule has 1 aliphatic heterocycles. The number of rotatable bonds is 4. The van der Waals surface area contributed by atoms with Gasteiger partial charge in [-0.2, -0.15) is 0 Å². The Kier molecular flexibility index (Phi) is 5.16. The van der Waals surface area contributed by atoms with Gasteiger partial charge in [0.05, 0.1) is 18.9 Å². The van der Waals surface area contributed by atoms with Crippen molar-refractivity contribution in [1.29, 1.82) is 0 Å². The smallest absolute Gasteiger partial charge is 0.148 e. The maximum Gasteiger partial charge on any atom is 0.148 e. The molecule has 0 aromatic heterocycles. The van der Waals surface area contributed by atoms with Crippen molar-refractivity contribution in [2.75, 3.05) is 12.0 Å². The summed E-state index contributed by atoms with van der Waals surface area (Å²) in [7, 11) is 1.69. The van der Waals surface area contributed by atoms with Crippen molar-refractivity contribution in [3.63, 3.8) is 0 Å². The first-order valence-corrected chi connectivity index (χ1v) is 10.1. The third-order valence-electron chi connectivity index (χ3n) is 4.95. The van der Waals surface area contributed by atoms with Gasteiger partial charge in [-0.15, -0.1) is 0 Å². The highest BCUT2D eigenvalue weighted by Gasteiger charge is 2.35. The first kappa shape index (κ1) is 18.0. The summed E-state index contributed by atoms with van der Waals surface area (Å²) in [5.74, 6) is 0.859. The highest BCUT2D eigenvalue weighted by Crippen LogP contribution is 2.37. The molecule has 27 heavy (non-hydrogen) atoms. The molecule has 1 aliphatic rings. The van der Waals surface area contributed by atoms with E-state index < -0.39 is 0 Å². The summed E-state index contributed by atoms with van der Waals surface area (Å²) in [5, 5.41) is 0. The molecule has 1 heterocycles. The molecule has 0 saturated heterocycles. The van der Waals surface area contributed by atoms with Gasteiger partial charge in [-0.05, 0) is 77.0 Å². The molecule has 3 nitrogen and oxygen atoms in total. The highest BCUT2D eigenvalue weighted by molar-refractivity contribution is 14.1. The van der Waals surface area contributed by atoms with Crippen LogP contribution in [0.1, 0.15) is 24.2 Å². The second-order valence-corrected chi connectivity index (χ2v) is 7.83. The van der Waals surface area contributed by atoms with E-state index in [-0.39, 0.29) is 12.2 Å². The Balaban J connectivity index is 1.78. The molecule has 0 spiro atoms. The SMILES string of the molecule is COc1ccc(C2N=C(c3ccccc3)C(C)N2c2ccc(I)cc2)cc1. The lowest BCUT2D eigenvalue weighted by Gasteiger charge is -2.30. The molecule has 0 aliphatic carbocycles. The average molecular weight is 468 g/mol. The molecular formula is C23H21IN2O. The Morgan fingerprint density at radius 1 is 0.889 bits per heavy atom. The summed E-state index contributed by atoms with van der Waals surface area (Å²) in [6, 6.07) is 27.5. The van der Waals surface area contributed by atoms with Crippen LogP contribution in [0, 0.1) is 3.57 Å². The van der Waals surface area contributed by atoms with Crippen LogP contribution < -0.4 is 9.64 Å². The van der Waals surface area contributed by atoms with Crippen LogP contribution in [0.2, 0.25) is 0 Å². The molecule has 0 amide bonds. The predicted molar refractivity (Wildman–Crippen MR) is 120 cm³/mol. The summed E-state index contributed by atoms with van der Waals surface area (Å²) in [5.41, 5.74) is 4.64. The minimum atomic E-state index is -0.0545. The molecular weight excluding hydrogens is 447 g/mol. The number of nitrogens with zero attached hydrogens (tertiary/aromatic N) is 2. The molecule has 0 bridgehead atoms. The third kappa shape index (κ3) is 3.58. The lowest BCUT2D eigenvalue weighted by Crippen LogP contribution is -2.35. The molecule has 0 fully saturated rings. The number of benzene rings is 3. The van der Waals surface area contributed by atoms with Crippen LogP contribution in [0.3, 0.4) is 0 Å². The Hall–Kier alpha value is -2.34. The second kappa shape index (κ2) is 7.72. The molecule has 0 saturated carbocycles. The Labute approximate surface area is 173 Å². The van der Waals surface area contributed by atoms with E-state index in [1.807, 2.05) is 18.2 Å². The maximum atomic E-state index is 5.32. The van der Waals surface area contributed by atoms with Gasteiger partial charge in [0, 0.05) is 9.26 Å². The van der Waals surface area contributed by atoms with Crippen molar-refractivity contribution >= 4 is 34.0 Å². The highest BCUT2D eigenvalue weighted by atomic mass is 127. The van der Waals surface area contributed by atoms with Crippen molar-refractivity contribution in [3.8, 4) is 5.75 Å². The van der Waals surface area contributed by atoms with E-state index in [1.165, 1.54) is 14.8 Å². The van der Waals surface area contributed by atoms with Gasteiger partial charge in [0.2, 0.25) is 0 Å². The number of ether oxygens (including phenoxy) is 1. The number of methoxy groups -OCH3 is 1. The molecule has 4 heteroatoms. The monoisotopic (exact) mass is 468 g/mol. The number of halogens is 1. The largest absolute Gasteiger partial charge is 0.497 e. The summed E-state index contributed by atoms with van der Waals surface area (Å²) >= 11 is 2.34. The minimum Gasteiger partial charge on any atom is -0.497 e. The zero-order valence-corrected chi connectivity index (χ0v) is 17.5. The molecule has 0 N–H and O–H groups in total. The molecule has 2 unspecified atom stereocenters. The van der Waals surface area contributed by atoms with Crippen LogP contribution in [0.25, 0.3) is 0 Å². The minimum absolute atomic E-state index is 0.0545. The third-order valence-corrected chi connectivity index (χ3v) is 5.67. The molecule has 0 radical (unpaired) electrons. The number of aliphatic imine (C=N–C) groups is 1. The average Bonchev–Trinajstić information content (AvgIpc) is 3.06. The summed E-state index contributed by atoms with van der Waals surface area (Å²) < 4.78 is 6.55. The fourth-order valence-electron chi connectivity index (χ4n) is 3.56. The van der Waals surface area contributed by atoms with Gasteiger partial charge >= 0.3 is 0 Å². The number of hydrogen-bond donors (Lipinski definition) is 0. The lowest BCUT2D eigenvalue weighted by molar-refractivity contribution is 0.414. The van der Waals surface area contributed by atoms with Gasteiger partial charge in [0.15, 0.2) is 0 Å². The summed E-state index contributed by atoms with van der Waals surface area (Å²) in [6.07, 6.45) is -0.0545. The Bertz CT molecular complexity index is 936. The predicted octanol–water partition coefficient (Wildman–Crippen LogP) is 5.70. The van der Waals surface area contributed by atoms with Crippen LogP contribution >= 0.6 is 22.6 Å². The molecule has 136 valence electrons. The Morgan fingerprint density at radius 3 is 2.19 bits per heavy atom. The maximum absolute atomic E-state index is 5.32. The van der Waals surface area contributed by atoms with Gasteiger partial charge in [0.25, 0.3) is 0 Å². The van der Waals surface area contributed by atoms with Crippen molar-refractivity contribution in [2.24, 2.45) is 4.99 Å². The van der Waals surface area contributed by atoms with Crippen molar-refractivity contribution in [2.45, 2.75) is 19.1 Å². The fourth-order valence-corrected chi connectivity index (χ4v) is 3.92. The quantitative estimate of drug-likeness (QED) is 0.460. The van der Waals surface area contributed by atoms with E-state index >= 15 is 0 Å². The van der Waals surface area contributed by atoms with Gasteiger partial charge in [-0.3, -0.25) is 4.99 Å². The summed E-state index contributed by atoms with van der Waals surface area (Å²) in [6.45, 7) is 2.23. The summed E-state index contributed by atoms with van der Waals surface area (Å²) in [4.78, 5) is 7.53. The van der Waals surface area contributed by atoms with Crippen molar-refractivity contribution in [1.82, 2.24) is 0 Å². The van der Waals surface area contributed by atoms with Crippen LogP contribution in [-0.2, 0) is 0 Å². The van der Waals surface area contributed by atoms with Gasteiger partial charge in [-0.25, -0.2) is 0 Å². The second-order valence-electron chi connectivity index (χ2n) is 6.59. The Morgan fingerprint density at radius 2 is 1.56 bits per heavy atom. The van der Waals surface area contributed by atoms with Crippen molar-refractivity contribution in [3.05, 3.63) is 93.6 Å². The zero-order valence-electron chi connectivity index (χ0n) is 15.3. The first-order chi connectivity index (χ1) is 13.2.